The summed E-state index contributed by atoms with van der Waals surface area (Å²) in [5.41, 5.74) is 4.33. The number of nitrogens with one attached hydrogen (secondary N) is 1. The van der Waals surface area contributed by atoms with Gasteiger partial charge in [-0.05, 0) is 69.0 Å². The molecule has 1 aliphatic rings. The number of rotatable bonds is 9. The third kappa shape index (κ3) is 5.92. The molecule has 10 heteroatoms. The van der Waals surface area contributed by atoms with Gasteiger partial charge in [-0.25, -0.2) is 13.9 Å². The number of hydroxylamine groups is 1. The zero-order valence-electron chi connectivity index (χ0n) is 19.9. The molecule has 1 aromatic heterocycles. The second-order valence-corrected chi connectivity index (χ2v) is 11.3. The molecule has 3 rings (SSSR count). The lowest BCUT2D eigenvalue weighted by molar-refractivity contribution is -0.143. The van der Waals surface area contributed by atoms with Gasteiger partial charge in [0.05, 0.1) is 11.2 Å². The molecule has 0 aliphatic carbocycles. The maximum atomic E-state index is 13.4. The molecule has 2 atom stereocenters. The van der Waals surface area contributed by atoms with Crippen molar-refractivity contribution in [3.63, 3.8) is 0 Å². The first-order valence-corrected chi connectivity index (χ1v) is 13.1. The highest BCUT2D eigenvalue weighted by Crippen LogP contribution is 2.37. The Balaban J connectivity index is 1.72. The summed E-state index contributed by atoms with van der Waals surface area (Å²) in [7, 11) is -3.34. The van der Waals surface area contributed by atoms with Gasteiger partial charge < -0.3 is 9.64 Å². The van der Waals surface area contributed by atoms with E-state index in [0.29, 0.717) is 18.8 Å². The molecule has 2 N–H and O–H groups in total. The third-order valence-corrected chi connectivity index (χ3v) is 7.15. The van der Waals surface area contributed by atoms with Crippen molar-refractivity contribution in [2.24, 2.45) is 0 Å². The molecule has 2 aromatic rings. The minimum absolute atomic E-state index is 0.0895. The second-order valence-electron chi connectivity index (χ2n) is 9.06. The van der Waals surface area contributed by atoms with E-state index in [0.717, 1.165) is 28.8 Å². The molecule has 0 radical (unpaired) electrons. The van der Waals surface area contributed by atoms with Gasteiger partial charge >= 0.3 is 0 Å². The van der Waals surface area contributed by atoms with E-state index in [4.69, 9.17) is 9.94 Å². The van der Waals surface area contributed by atoms with E-state index in [-0.39, 0.29) is 24.6 Å². The lowest BCUT2D eigenvalue weighted by Crippen LogP contribution is -2.49. The van der Waals surface area contributed by atoms with Crippen molar-refractivity contribution in [3.05, 3.63) is 58.9 Å². The number of benzene rings is 1. The van der Waals surface area contributed by atoms with E-state index in [1.807, 2.05) is 38.1 Å². The Labute approximate surface area is 200 Å². The monoisotopic (exact) mass is 489 g/mol. The van der Waals surface area contributed by atoms with Gasteiger partial charge in [-0.3, -0.25) is 19.8 Å². The molecule has 0 saturated carbocycles. The van der Waals surface area contributed by atoms with Crippen LogP contribution >= 0.6 is 0 Å². The highest BCUT2D eigenvalue weighted by molar-refractivity contribution is 7.90. The van der Waals surface area contributed by atoms with Crippen molar-refractivity contribution in [3.8, 4) is 5.75 Å². The van der Waals surface area contributed by atoms with Crippen LogP contribution in [0.4, 0.5) is 0 Å². The number of sulfone groups is 1. The Bertz CT molecular complexity index is 1150. The summed E-state index contributed by atoms with van der Waals surface area (Å²) in [6, 6.07) is 10.1. The third-order valence-electron chi connectivity index (χ3n) is 6.17. The van der Waals surface area contributed by atoms with Gasteiger partial charge in [-0.15, -0.1) is 0 Å². The molecule has 1 aromatic carbocycles. The molecule has 1 saturated heterocycles. The Hall–Kier alpha value is -2.98. The molecule has 0 spiro atoms. The summed E-state index contributed by atoms with van der Waals surface area (Å²) >= 11 is 0. The van der Waals surface area contributed by atoms with Crippen LogP contribution < -0.4 is 10.2 Å². The SMILES string of the molecule is Cc1cc(COc2ccc(C3(C)CCN(C(CCS(C)(=O)=O)C(=O)NO)C3=O)cc2)cc(C)n1. The van der Waals surface area contributed by atoms with Crippen molar-refractivity contribution in [2.75, 3.05) is 18.6 Å². The second kappa shape index (κ2) is 10.1. The van der Waals surface area contributed by atoms with E-state index in [1.54, 1.807) is 24.5 Å². The Morgan fingerprint density at radius 2 is 1.85 bits per heavy atom. The van der Waals surface area contributed by atoms with E-state index in [1.165, 1.54) is 4.90 Å². The maximum absolute atomic E-state index is 13.4. The number of pyridine rings is 1. The molecule has 9 nitrogen and oxygen atoms in total. The molecule has 1 aliphatic heterocycles. The van der Waals surface area contributed by atoms with Crippen molar-refractivity contribution in [1.82, 2.24) is 15.4 Å². The summed E-state index contributed by atoms with van der Waals surface area (Å²) in [5.74, 6) is -0.696. The van der Waals surface area contributed by atoms with Gasteiger partial charge in [0.25, 0.3) is 5.91 Å². The smallest absolute Gasteiger partial charge is 0.266 e. The number of ether oxygens (including phenoxy) is 1. The van der Waals surface area contributed by atoms with Gasteiger partial charge in [0.2, 0.25) is 5.91 Å². The number of aryl methyl sites for hydroxylation is 2. The predicted molar refractivity (Wildman–Crippen MR) is 126 cm³/mol. The van der Waals surface area contributed by atoms with Crippen LogP contribution in [0.2, 0.25) is 0 Å². The fourth-order valence-electron chi connectivity index (χ4n) is 4.35. The quantitative estimate of drug-likeness (QED) is 0.408. The topological polar surface area (TPSA) is 126 Å². The highest BCUT2D eigenvalue weighted by Gasteiger charge is 2.47. The van der Waals surface area contributed by atoms with Crippen molar-refractivity contribution in [2.45, 2.75) is 51.7 Å². The van der Waals surface area contributed by atoms with Gasteiger partial charge in [0.15, 0.2) is 0 Å². The summed E-state index contributed by atoms with van der Waals surface area (Å²) in [6.45, 7) is 6.34. The van der Waals surface area contributed by atoms with E-state index < -0.39 is 27.2 Å². The summed E-state index contributed by atoms with van der Waals surface area (Å²) < 4.78 is 29.1. The summed E-state index contributed by atoms with van der Waals surface area (Å²) in [6.07, 6.45) is 1.43. The minimum atomic E-state index is -3.34. The van der Waals surface area contributed by atoms with Crippen LogP contribution in [0.5, 0.6) is 5.75 Å². The number of likely N-dealkylation sites (tertiary alicyclic amines) is 1. The Morgan fingerprint density at radius 3 is 2.41 bits per heavy atom. The first-order chi connectivity index (χ1) is 15.9. The number of hydrogen-bond donors (Lipinski definition) is 2. The van der Waals surface area contributed by atoms with Crippen LogP contribution in [0.15, 0.2) is 36.4 Å². The highest BCUT2D eigenvalue weighted by atomic mass is 32.2. The van der Waals surface area contributed by atoms with Crippen LogP contribution in [0.25, 0.3) is 0 Å². The van der Waals surface area contributed by atoms with Crippen molar-refractivity contribution < 1.29 is 28.0 Å². The van der Waals surface area contributed by atoms with E-state index in [2.05, 4.69) is 4.98 Å². The zero-order valence-corrected chi connectivity index (χ0v) is 20.7. The molecule has 184 valence electrons. The van der Waals surface area contributed by atoms with Crippen molar-refractivity contribution >= 4 is 21.7 Å². The van der Waals surface area contributed by atoms with Gasteiger partial charge in [-0.2, -0.15) is 0 Å². The van der Waals surface area contributed by atoms with Crippen molar-refractivity contribution in [1.29, 1.82) is 0 Å². The van der Waals surface area contributed by atoms with Crippen LogP contribution in [-0.2, 0) is 31.4 Å². The average molecular weight is 490 g/mol. The normalized spacial score (nSPS) is 19.2. The van der Waals surface area contributed by atoms with Gasteiger partial charge in [0, 0.05) is 24.2 Å². The molecular weight excluding hydrogens is 458 g/mol. The molecule has 0 bridgehead atoms. The first kappa shape index (κ1) is 25.6. The predicted octanol–water partition coefficient (Wildman–Crippen LogP) is 2.08. The zero-order chi connectivity index (χ0) is 25.1. The largest absolute Gasteiger partial charge is 0.489 e. The van der Waals surface area contributed by atoms with Crippen LogP contribution in [0.3, 0.4) is 0 Å². The van der Waals surface area contributed by atoms with Gasteiger partial charge in [0.1, 0.15) is 28.2 Å². The number of carbonyl (C=O) groups excluding carboxylic acids is 2. The lowest BCUT2D eigenvalue weighted by atomic mass is 9.81. The lowest BCUT2D eigenvalue weighted by Gasteiger charge is -2.29. The summed E-state index contributed by atoms with van der Waals surface area (Å²) in [4.78, 5) is 31.3. The fraction of sp³-hybridized carbons (Fsp3) is 0.458. The maximum Gasteiger partial charge on any atom is 0.266 e. The molecule has 2 unspecified atom stereocenters. The Morgan fingerprint density at radius 1 is 1.24 bits per heavy atom. The average Bonchev–Trinajstić information content (AvgIpc) is 3.07. The molecule has 2 amide bonds. The number of nitrogens with zero attached hydrogens (tertiary/aromatic N) is 2. The fourth-order valence-corrected chi connectivity index (χ4v) is 5.00. The number of aromatic nitrogens is 1. The molecular formula is C24H31N3O6S. The standard InChI is InChI=1S/C24H31N3O6S/c1-16-13-18(14-17(2)25-16)15-33-20-7-5-19(6-8-20)24(3)10-11-27(23(24)29)21(22(28)26-30)9-12-34(4,31)32/h5-8,13-14,21,30H,9-12,15H2,1-4H3,(H,26,28). The van der Waals surface area contributed by atoms with Gasteiger partial charge in [-0.1, -0.05) is 12.1 Å². The molecule has 1 fully saturated rings. The number of amides is 2. The molecule has 2 heterocycles. The Kier molecular flexibility index (Phi) is 7.62. The van der Waals surface area contributed by atoms with Crippen LogP contribution in [0.1, 0.15) is 42.3 Å². The first-order valence-electron chi connectivity index (χ1n) is 11.0. The minimum Gasteiger partial charge on any atom is -0.489 e. The summed E-state index contributed by atoms with van der Waals surface area (Å²) in [5, 5.41) is 9.12. The van der Waals surface area contributed by atoms with E-state index in [9.17, 15) is 18.0 Å². The van der Waals surface area contributed by atoms with E-state index >= 15 is 0 Å². The van der Waals surface area contributed by atoms with Crippen LogP contribution in [-0.4, -0.2) is 59.9 Å². The molecule has 34 heavy (non-hydrogen) atoms. The van der Waals surface area contributed by atoms with Crippen LogP contribution in [0, 0.1) is 13.8 Å². The number of hydrogen-bond acceptors (Lipinski definition) is 7. The number of carbonyl (C=O) groups is 2.